The molecule has 9 N–H and O–H groups in total. The molecule has 18 unspecified atom stereocenters. The number of Topliss-reactive ketones (excluding diaryl/α,β-unsaturated/α-hetero) is 4. The van der Waals surface area contributed by atoms with Gasteiger partial charge in [0.25, 0.3) is 0 Å². The minimum Gasteiger partial charge on any atom is -0.497 e. The van der Waals surface area contributed by atoms with Gasteiger partial charge in [0.1, 0.15) is 70.3 Å². The summed E-state index contributed by atoms with van der Waals surface area (Å²) in [6.07, 6.45) is 9.32. The number of methoxy groups -OCH3 is 2. The number of benzene rings is 3. The zero-order valence-electron chi connectivity index (χ0n) is 71.5. The average Bonchev–Trinajstić information content (AvgIpc) is 1.63. The fourth-order valence-corrected chi connectivity index (χ4v) is 19.0. The summed E-state index contributed by atoms with van der Waals surface area (Å²) >= 11 is 0. The quantitative estimate of drug-likeness (QED) is 0.0368. The van der Waals surface area contributed by atoms with Crippen molar-refractivity contribution < 1.29 is 104 Å². The number of amides is 9. The van der Waals surface area contributed by atoms with Crippen molar-refractivity contribution in [3.05, 3.63) is 89.0 Å². The minimum absolute atomic E-state index is 0.00374. The van der Waals surface area contributed by atoms with Crippen molar-refractivity contribution in [2.75, 3.05) is 86.4 Å². The van der Waals surface area contributed by atoms with E-state index in [0.717, 1.165) is 56.8 Å². The number of epoxide rings is 3. The highest BCUT2D eigenvalue weighted by Crippen LogP contribution is 2.49. The lowest BCUT2D eigenvalue weighted by Crippen LogP contribution is -2.57. The van der Waals surface area contributed by atoms with Crippen LogP contribution in [0.5, 0.6) is 11.5 Å². The number of hydrogen-bond acceptors (Lipinski definition) is 23. The Balaban J connectivity index is 0.731. The number of hydrogen-bond donors (Lipinski definition) is 9. The molecule has 9 amide bonds. The number of nitrogens with one attached hydrogen (secondary N) is 9. The van der Waals surface area contributed by atoms with E-state index in [4.69, 9.17) is 33.2 Å². The van der Waals surface area contributed by atoms with Crippen LogP contribution in [0.25, 0.3) is 0 Å². The Morgan fingerprint density at radius 2 is 0.893 bits per heavy atom. The minimum atomic E-state index is -3.56. The lowest BCUT2D eigenvalue weighted by Gasteiger charge is -2.30. The maximum atomic E-state index is 15.5. The van der Waals surface area contributed by atoms with Crippen molar-refractivity contribution in [3.63, 3.8) is 0 Å². The third-order valence-electron chi connectivity index (χ3n) is 26.4. The third kappa shape index (κ3) is 24.3. The first-order chi connectivity index (χ1) is 58.1. The molecule has 0 radical (unpaired) electrons. The SMILES string of the molecule is COc1ccc(CC(NC(=O)C(C)NC(=O)C2CC(=O)C2)C(=O)NC(CC2CCCC2c2cc(CC(NC(=O)C(C)NC(=O)C3CCOCC3)C(=O)NC(CC3CCC(C4CCC(CC(NC(=O)C(Cc5ccc(S(C)(=O)=O)cc5)NC(=O)C(C)NC(=O)CN5CCOCC5)C(=O)C5(C)CO5)C4)C3)C(=O)C3(C)CO3)ccc2OC)C(=O)C2(C)CO2)cc1. The van der Waals surface area contributed by atoms with Crippen molar-refractivity contribution in [1.29, 1.82) is 0 Å². The van der Waals surface area contributed by atoms with Crippen LogP contribution in [0.15, 0.2) is 71.6 Å². The van der Waals surface area contributed by atoms with Crippen LogP contribution in [0, 0.1) is 41.4 Å². The first-order valence-electron chi connectivity index (χ1n) is 43.3. The molecule has 18 atom stereocenters. The van der Waals surface area contributed by atoms with Crippen LogP contribution < -0.4 is 57.3 Å². The molecule has 5 aliphatic heterocycles. The summed E-state index contributed by atoms with van der Waals surface area (Å²) in [4.78, 5) is 185. The van der Waals surface area contributed by atoms with Gasteiger partial charge in [0.15, 0.2) is 27.2 Å². The number of carbonyl (C=O) groups is 13. The van der Waals surface area contributed by atoms with E-state index >= 15 is 4.79 Å². The Kier molecular flexibility index (Phi) is 30.4. The van der Waals surface area contributed by atoms with Gasteiger partial charge in [-0.15, -0.1) is 0 Å². The lowest BCUT2D eigenvalue weighted by atomic mass is 9.81. The summed E-state index contributed by atoms with van der Waals surface area (Å²) in [7, 11) is -0.501. The molecule has 122 heavy (non-hydrogen) atoms. The molecule has 5 saturated heterocycles. The number of ether oxygens (including phenoxy) is 7. The maximum Gasteiger partial charge on any atom is 0.243 e. The predicted octanol–water partition coefficient (Wildman–Crippen LogP) is 3.26. The maximum absolute atomic E-state index is 15.5. The van der Waals surface area contributed by atoms with Crippen LogP contribution in [-0.4, -0.2) is 247 Å². The molecule has 5 heterocycles. The van der Waals surface area contributed by atoms with Crippen LogP contribution in [0.2, 0.25) is 0 Å². The molecule has 9 aliphatic rings. The molecule has 33 heteroatoms. The fraction of sp³-hybridized carbons (Fsp3) is 0.652. The van der Waals surface area contributed by atoms with E-state index in [9.17, 15) is 66.0 Å². The van der Waals surface area contributed by atoms with E-state index in [0.29, 0.717) is 93.4 Å². The van der Waals surface area contributed by atoms with Crippen LogP contribution >= 0.6 is 0 Å². The highest BCUT2D eigenvalue weighted by atomic mass is 32.2. The monoisotopic (exact) mass is 1710 g/mol. The van der Waals surface area contributed by atoms with Gasteiger partial charge in [-0.05, 0) is 200 Å². The van der Waals surface area contributed by atoms with Crippen molar-refractivity contribution in [1.82, 2.24) is 52.8 Å². The number of rotatable bonds is 42. The van der Waals surface area contributed by atoms with Gasteiger partial charge in [-0.2, -0.15) is 0 Å². The fourth-order valence-electron chi connectivity index (χ4n) is 18.4. The number of morpholine rings is 1. The van der Waals surface area contributed by atoms with Crippen LogP contribution in [0.1, 0.15) is 172 Å². The molecule has 3 aromatic rings. The third-order valence-corrected chi connectivity index (χ3v) is 27.6. The van der Waals surface area contributed by atoms with Gasteiger partial charge in [0, 0.05) is 70.6 Å². The van der Waals surface area contributed by atoms with E-state index in [1.54, 1.807) is 83.3 Å². The zero-order valence-corrected chi connectivity index (χ0v) is 72.3. The van der Waals surface area contributed by atoms with Gasteiger partial charge >= 0.3 is 0 Å². The molecule has 0 spiro atoms. The Labute approximate surface area is 713 Å². The molecule has 9 fully saturated rings. The molecule has 4 aliphatic carbocycles. The largest absolute Gasteiger partial charge is 0.497 e. The predicted molar refractivity (Wildman–Crippen MR) is 443 cm³/mol. The number of ketones is 4. The topological polar surface area (TPSA) is 442 Å². The number of nitrogens with zero attached hydrogens (tertiary/aromatic N) is 1. The van der Waals surface area contributed by atoms with Gasteiger partial charge in [-0.25, -0.2) is 8.42 Å². The van der Waals surface area contributed by atoms with E-state index in [2.05, 4.69) is 47.9 Å². The van der Waals surface area contributed by atoms with Gasteiger partial charge in [-0.3, -0.25) is 67.2 Å². The lowest BCUT2D eigenvalue weighted by molar-refractivity contribution is -0.139. The number of sulfone groups is 1. The Bertz CT molecular complexity index is 4460. The molecule has 666 valence electrons. The van der Waals surface area contributed by atoms with E-state index in [1.807, 2.05) is 11.0 Å². The smallest absolute Gasteiger partial charge is 0.243 e. The molecule has 0 aromatic heterocycles. The van der Waals surface area contributed by atoms with Gasteiger partial charge in [0.2, 0.25) is 53.2 Å². The molecule has 3 aromatic carbocycles. The van der Waals surface area contributed by atoms with Gasteiger partial charge in [-0.1, -0.05) is 55.7 Å². The molecule has 4 saturated carbocycles. The summed E-state index contributed by atoms with van der Waals surface area (Å²) in [5, 5.41) is 26.0. The summed E-state index contributed by atoms with van der Waals surface area (Å²) in [6, 6.07) is 8.19. The van der Waals surface area contributed by atoms with E-state index < -0.39 is 134 Å². The summed E-state index contributed by atoms with van der Waals surface area (Å²) < 4.78 is 64.4. The standard InChI is InChI=1S/C89H122N10O22S/c1-50(90-75(101)46-99-29-33-118-34-30-99)79(105)96-72(39-54-17-24-65(25-18-54)122(9,113)114)84(110)93-68(76(102)87(4)47-119-87)40-55-13-20-59(35-55)60-21-14-56(36-60)41-69(77(103)88(5)48-120-88)94-86(112)73(98-80(106)51(2)91-82(108)58-27-31-117-32-28-58)42-57-19-26-74(116-8)67(37-57)66-12-10-11-61(66)45-70(78(104)89(6)49-121-89)95-85(111)71(38-53-15-22-64(115-7)23-16-53)97-81(107)52(3)92-83(109)62-43-63(100)44-62/h15-19,22-26,37,50-52,55-56,58-62,66,68-73H,10-14,20-21,27-36,38-49H2,1-9H3,(H,90,101)(H,91,108)(H,92,109)(H,93,110)(H,94,112)(H,95,111)(H,96,105)(H,97,107)(H,98,106). The first kappa shape index (κ1) is 92.1. The second-order valence-electron chi connectivity index (χ2n) is 36.0. The van der Waals surface area contributed by atoms with E-state index in [-0.39, 0.29) is 153 Å². The van der Waals surface area contributed by atoms with Gasteiger partial charge < -0.3 is 81.0 Å². The normalized spacial score (nSPS) is 26.7. The molecule has 0 bridgehead atoms. The Morgan fingerprint density at radius 3 is 1.34 bits per heavy atom. The molecular weight excluding hydrogens is 1590 g/mol. The summed E-state index contributed by atoms with van der Waals surface area (Å²) in [5.74, 6) is -6.10. The van der Waals surface area contributed by atoms with Crippen molar-refractivity contribution in [3.8, 4) is 11.5 Å². The van der Waals surface area contributed by atoms with Crippen LogP contribution in [0.4, 0.5) is 0 Å². The van der Waals surface area contributed by atoms with Crippen molar-refractivity contribution >= 4 is 86.1 Å². The molecular formula is C89H122N10O22S. The molecule has 12 rings (SSSR count). The average molecular weight is 1720 g/mol. The molecule has 32 nitrogen and oxygen atoms in total. The Hall–Kier alpha value is -9.12. The zero-order chi connectivity index (χ0) is 87.5. The second kappa shape index (κ2) is 40.2. The summed E-state index contributed by atoms with van der Waals surface area (Å²) in [6.45, 7) is 12.9. The van der Waals surface area contributed by atoms with E-state index in [1.165, 1.54) is 33.1 Å². The number of carbonyl (C=O) groups excluding carboxylic acids is 13. The second-order valence-corrected chi connectivity index (χ2v) is 38.0. The summed E-state index contributed by atoms with van der Waals surface area (Å²) in [5.41, 5.74) is -0.965. The van der Waals surface area contributed by atoms with Crippen molar-refractivity contribution in [2.45, 2.75) is 246 Å². The van der Waals surface area contributed by atoms with Crippen molar-refractivity contribution in [2.24, 2.45) is 41.4 Å². The van der Waals surface area contributed by atoms with Gasteiger partial charge in [0.05, 0.1) is 82.7 Å². The Morgan fingerprint density at radius 1 is 0.475 bits per heavy atom. The highest BCUT2D eigenvalue weighted by molar-refractivity contribution is 7.90. The highest BCUT2D eigenvalue weighted by Gasteiger charge is 2.55. The first-order valence-corrected chi connectivity index (χ1v) is 45.2. The van der Waals surface area contributed by atoms with Crippen LogP contribution in [0.3, 0.4) is 0 Å². The van der Waals surface area contributed by atoms with Crippen LogP contribution in [-0.2, 0) is 115 Å².